The fourth-order valence-corrected chi connectivity index (χ4v) is 6.80. The Labute approximate surface area is 257 Å². The fourth-order valence-electron chi connectivity index (χ4n) is 5.00. The van der Waals surface area contributed by atoms with Crippen LogP contribution in [0.15, 0.2) is 77.7 Å². The van der Waals surface area contributed by atoms with Crippen molar-refractivity contribution < 1.29 is 22.7 Å². The summed E-state index contributed by atoms with van der Waals surface area (Å²) in [6.45, 7) is 1.18. The van der Waals surface area contributed by atoms with Crippen molar-refractivity contribution in [2.75, 3.05) is 18.0 Å². The largest absolute Gasteiger partial charge is 0.495 e. The van der Waals surface area contributed by atoms with Gasteiger partial charge in [-0.15, -0.1) is 0 Å². The fraction of sp³-hybridized carbons (Fsp3) is 0.355. The topological polar surface area (TPSA) is 96.0 Å². The molecule has 224 valence electrons. The normalized spacial score (nSPS) is 14.6. The second kappa shape index (κ2) is 14.3. The highest BCUT2D eigenvalue weighted by Gasteiger charge is 2.33. The summed E-state index contributed by atoms with van der Waals surface area (Å²) in [6.07, 6.45) is 5.02. The zero-order chi connectivity index (χ0) is 30.3. The molecule has 1 unspecified atom stereocenters. The predicted octanol–water partition coefficient (Wildman–Crippen LogP) is 6.06. The van der Waals surface area contributed by atoms with E-state index in [2.05, 4.69) is 5.32 Å². The monoisotopic (exact) mass is 631 g/mol. The van der Waals surface area contributed by atoms with E-state index < -0.39 is 28.5 Å². The van der Waals surface area contributed by atoms with Crippen LogP contribution in [-0.2, 0) is 26.2 Å². The van der Waals surface area contributed by atoms with Gasteiger partial charge in [0.15, 0.2) is 0 Å². The lowest BCUT2D eigenvalue weighted by Gasteiger charge is -2.33. The Morgan fingerprint density at radius 2 is 1.64 bits per heavy atom. The molecule has 1 saturated carbocycles. The van der Waals surface area contributed by atoms with Gasteiger partial charge < -0.3 is 15.0 Å². The maximum atomic E-state index is 14.1. The first-order chi connectivity index (χ1) is 20.1. The first kappa shape index (κ1) is 31.7. The van der Waals surface area contributed by atoms with Crippen molar-refractivity contribution in [1.82, 2.24) is 10.2 Å². The quantitative estimate of drug-likeness (QED) is 0.277. The van der Waals surface area contributed by atoms with Crippen molar-refractivity contribution in [3.63, 3.8) is 0 Å². The van der Waals surface area contributed by atoms with E-state index in [1.807, 2.05) is 0 Å². The molecule has 0 aliphatic heterocycles. The van der Waals surface area contributed by atoms with Crippen LogP contribution in [0.25, 0.3) is 0 Å². The Hall–Kier alpha value is -3.27. The van der Waals surface area contributed by atoms with E-state index in [0.717, 1.165) is 42.0 Å². The van der Waals surface area contributed by atoms with Gasteiger partial charge in [0, 0.05) is 17.6 Å². The summed E-state index contributed by atoms with van der Waals surface area (Å²) in [6, 6.07) is 18.5. The van der Waals surface area contributed by atoms with Crippen LogP contribution in [0.2, 0.25) is 10.0 Å². The molecule has 4 rings (SSSR count). The average Bonchev–Trinajstić information content (AvgIpc) is 3.00. The van der Waals surface area contributed by atoms with Crippen LogP contribution in [0.1, 0.15) is 44.6 Å². The van der Waals surface area contributed by atoms with Crippen LogP contribution < -0.4 is 14.4 Å². The van der Waals surface area contributed by atoms with Gasteiger partial charge in [-0.05, 0) is 67.8 Å². The van der Waals surface area contributed by atoms with Gasteiger partial charge in [-0.25, -0.2) is 8.42 Å². The third kappa shape index (κ3) is 7.76. The van der Waals surface area contributed by atoms with Gasteiger partial charge in [0.05, 0.1) is 22.7 Å². The summed E-state index contributed by atoms with van der Waals surface area (Å²) in [5.41, 5.74) is 0.929. The SMILES string of the molecule is COc1ccc(N(CC(=O)N(Cc2ccc(Cl)cc2)C(C)C(=O)NC2CCCCC2)S(=O)(=O)c2ccccc2)cc1Cl. The van der Waals surface area contributed by atoms with Gasteiger partial charge in [-0.3, -0.25) is 13.9 Å². The van der Waals surface area contributed by atoms with E-state index in [9.17, 15) is 18.0 Å². The molecule has 42 heavy (non-hydrogen) atoms. The standard InChI is InChI=1S/C31H35Cl2N3O5S/c1-22(31(38)34-25-9-5-3-6-10-25)35(20-23-13-15-24(32)16-14-23)30(37)21-36(26-17-18-29(41-2)28(33)19-26)42(39,40)27-11-7-4-8-12-27/h4,7-8,11-19,22,25H,3,5-6,9-10,20-21H2,1-2H3,(H,34,38). The van der Waals surface area contributed by atoms with E-state index in [-0.39, 0.29) is 34.1 Å². The van der Waals surface area contributed by atoms with Gasteiger partial charge in [0.1, 0.15) is 18.3 Å². The molecule has 1 atom stereocenters. The highest BCUT2D eigenvalue weighted by Crippen LogP contribution is 2.32. The maximum absolute atomic E-state index is 14.1. The highest BCUT2D eigenvalue weighted by atomic mass is 35.5. The Bertz CT molecular complexity index is 1480. The second-order valence-corrected chi connectivity index (χ2v) is 13.0. The van der Waals surface area contributed by atoms with E-state index >= 15 is 0 Å². The molecule has 0 spiro atoms. The molecule has 0 aromatic heterocycles. The molecule has 0 radical (unpaired) electrons. The van der Waals surface area contributed by atoms with E-state index in [1.165, 1.54) is 36.3 Å². The number of hydrogen-bond acceptors (Lipinski definition) is 5. The van der Waals surface area contributed by atoms with Gasteiger partial charge in [0.25, 0.3) is 10.0 Å². The van der Waals surface area contributed by atoms with Gasteiger partial charge in [0.2, 0.25) is 11.8 Å². The van der Waals surface area contributed by atoms with E-state index in [0.29, 0.717) is 10.8 Å². The first-order valence-electron chi connectivity index (χ1n) is 13.9. The van der Waals surface area contributed by atoms with Crippen LogP contribution in [0, 0.1) is 0 Å². The van der Waals surface area contributed by atoms with Gasteiger partial charge in [-0.1, -0.05) is 72.8 Å². The molecule has 8 nitrogen and oxygen atoms in total. The number of anilines is 1. The molecule has 1 aliphatic carbocycles. The minimum atomic E-state index is -4.20. The Kier molecular flexibility index (Phi) is 10.8. The minimum Gasteiger partial charge on any atom is -0.495 e. The smallest absolute Gasteiger partial charge is 0.264 e. The van der Waals surface area contributed by atoms with Crippen molar-refractivity contribution in [3.05, 3.63) is 88.4 Å². The lowest BCUT2D eigenvalue weighted by Crippen LogP contribution is -2.53. The number of ether oxygens (including phenoxy) is 1. The molecule has 1 N–H and O–H groups in total. The maximum Gasteiger partial charge on any atom is 0.264 e. The third-order valence-electron chi connectivity index (χ3n) is 7.42. The molecular weight excluding hydrogens is 597 g/mol. The Morgan fingerprint density at radius 3 is 2.26 bits per heavy atom. The summed E-state index contributed by atoms with van der Waals surface area (Å²) in [5.74, 6) is -0.474. The van der Waals surface area contributed by atoms with Crippen molar-refractivity contribution in [3.8, 4) is 5.75 Å². The van der Waals surface area contributed by atoms with Crippen molar-refractivity contribution in [2.24, 2.45) is 0 Å². The van der Waals surface area contributed by atoms with Gasteiger partial charge >= 0.3 is 0 Å². The number of nitrogens with one attached hydrogen (secondary N) is 1. The molecular formula is C31H35Cl2N3O5S. The second-order valence-electron chi connectivity index (χ2n) is 10.3. The summed E-state index contributed by atoms with van der Waals surface area (Å²) in [4.78, 5) is 28.9. The number of amides is 2. The molecule has 3 aromatic carbocycles. The molecule has 0 bridgehead atoms. The van der Waals surface area contributed by atoms with Crippen LogP contribution in [-0.4, -0.2) is 50.9 Å². The van der Waals surface area contributed by atoms with Crippen molar-refractivity contribution in [2.45, 2.75) is 62.6 Å². The minimum absolute atomic E-state index is 0.0112. The first-order valence-corrected chi connectivity index (χ1v) is 16.1. The number of carbonyl (C=O) groups is 2. The predicted molar refractivity (Wildman–Crippen MR) is 165 cm³/mol. The summed E-state index contributed by atoms with van der Waals surface area (Å²) in [7, 11) is -2.74. The summed E-state index contributed by atoms with van der Waals surface area (Å²) in [5, 5.41) is 3.82. The number of rotatable bonds is 11. The number of benzene rings is 3. The van der Waals surface area contributed by atoms with Crippen LogP contribution in [0.4, 0.5) is 5.69 Å². The summed E-state index contributed by atoms with van der Waals surface area (Å²) < 4.78 is 34.1. The van der Waals surface area contributed by atoms with Gasteiger partial charge in [-0.2, -0.15) is 0 Å². The van der Waals surface area contributed by atoms with Crippen molar-refractivity contribution in [1.29, 1.82) is 0 Å². The Morgan fingerprint density at radius 1 is 0.976 bits per heavy atom. The number of sulfonamides is 1. The lowest BCUT2D eigenvalue weighted by atomic mass is 9.95. The zero-order valence-corrected chi connectivity index (χ0v) is 26.0. The van der Waals surface area contributed by atoms with Crippen molar-refractivity contribution >= 4 is 50.7 Å². The van der Waals surface area contributed by atoms with E-state index in [1.54, 1.807) is 55.5 Å². The van der Waals surface area contributed by atoms with Crippen LogP contribution in [0.3, 0.4) is 0 Å². The molecule has 3 aromatic rings. The molecule has 11 heteroatoms. The molecule has 2 amide bonds. The zero-order valence-electron chi connectivity index (χ0n) is 23.6. The molecule has 1 aliphatic rings. The Balaban J connectivity index is 1.69. The number of hydrogen-bond donors (Lipinski definition) is 1. The average molecular weight is 633 g/mol. The van der Waals surface area contributed by atoms with Crippen LogP contribution in [0.5, 0.6) is 5.75 Å². The number of nitrogens with zero attached hydrogens (tertiary/aromatic N) is 2. The molecule has 0 heterocycles. The van der Waals surface area contributed by atoms with E-state index in [4.69, 9.17) is 27.9 Å². The molecule has 1 fully saturated rings. The van der Waals surface area contributed by atoms with Crippen LogP contribution >= 0.6 is 23.2 Å². The lowest BCUT2D eigenvalue weighted by molar-refractivity contribution is -0.139. The number of methoxy groups -OCH3 is 1. The number of carbonyl (C=O) groups excluding carboxylic acids is 2. The summed E-state index contributed by atoms with van der Waals surface area (Å²) >= 11 is 12.4. The number of halogens is 2. The third-order valence-corrected chi connectivity index (χ3v) is 9.75. The highest BCUT2D eigenvalue weighted by molar-refractivity contribution is 7.92. The molecule has 0 saturated heterocycles.